The summed E-state index contributed by atoms with van der Waals surface area (Å²) in [6.45, 7) is 2.72. The Hall–Kier alpha value is -3.12. The average molecular weight is 433 g/mol. The highest BCUT2D eigenvalue weighted by atomic mass is 32.2. The zero-order valence-corrected chi connectivity index (χ0v) is 17.9. The van der Waals surface area contributed by atoms with Crippen LogP contribution in [-0.4, -0.2) is 29.0 Å². The number of thioether (sulfide) groups is 1. The van der Waals surface area contributed by atoms with Gasteiger partial charge in [0.1, 0.15) is 5.82 Å². The second-order valence-electron chi connectivity index (χ2n) is 7.85. The molecule has 2 aliphatic heterocycles. The van der Waals surface area contributed by atoms with Gasteiger partial charge in [-0.15, -0.1) is 11.8 Å². The van der Waals surface area contributed by atoms with Crippen molar-refractivity contribution in [3.8, 4) is 0 Å². The predicted octanol–water partition coefficient (Wildman–Crippen LogP) is 4.72. The first-order chi connectivity index (χ1) is 15.0. The molecule has 1 fully saturated rings. The van der Waals surface area contributed by atoms with E-state index in [1.165, 1.54) is 23.9 Å². The van der Waals surface area contributed by atoms with Crippen LogP contribution in [0.4, 0.5) is 10.1 Å². The van der Waals surface area contributed by atoms with Gasteiger partial charge in [-0.3, -0.25) is 9.59 Å². The SMILES string of the molecule is Cc1ccc(C(=O)N2CCS[C@@]23C(=O)N(Cc2cccc(F)c2)c2ccccc23)cc1. The summed E-state index contributed by atoms with van der Waals surface area (Å²) in [7, 11) is 0. The Morgan fingerprint density at radius 2 is 1.84 bits per heavy atom. The minimum Gasteiger partial charge on any atom is -0.311 e. The van der Waals surface area contributed by atoms with Crippen molar-refractivity contribution in [3.05, 3.63) is 101 Å². The first-order valence-corrected chi connectivity index (χ1v) is 11.2. The van der Waals surface area contributed by atoms with Crippen molar-refractivity contribution in [3.63, 3.8) is 0 Å². The van der Waals surface area contributed by atoms with Gasteiger partial charge in [-0.25, -0.2) is 4.39 Å². The topological polar surface area (TPSA) is 40.6 Å². The standard InChI is InChI=1S/C25H21FN2O2S/c1-17-9-11-19(12-10-17)23(29)28-13-14-31-25(28)21-7-2-3-8-22(21)27(24(25)30)16-18-5-4-6-20(26)15-18/h2-12,15H,13-14,16H2,1H3/t25-/m0/s1. The van der Waals surface area contributed by atoms with Gasteiger partial charge in [0.05, 0.1) is 12.2 Å². The monoisotopic (exact) mass is 432 g/mol. The van der Waals surface area contributed by atoms with Gasteiger partial charge in [-0.05, 0) is 42.8 Å². The van der Waals surface area contributed by atoms with Crippen molar-refractivity contribution in [1.82, 2.24) is 4.90 Å². The van der Waals surface area contributed by atoms with Crippen LogP contribution < -0.4 is 4.90 Å². The third kappa shape index (κ3) is 3.13. The lowest BCUT2D eigenvalue weighted by Gasteiger charge is -2.33. The first kappa shape index (κ1) is 19.8. The van der Waals surface area contributed by atoms with Gasteiger partial charge >= 0.3 is 0 Å². The molecule has 5 rings (SSSR count). The van der Waals surface area contributed by atoms with Crippen LogP contribution in [0.25, 0.3) is 0 Å². The molecule has 0 bridgehead atoms. The van der Waals surface area contributed by atoms with Gasteiger partial charge in [0.2, 0.25) is 0 Å². The predicted molar refractivity (Wildman–Crippen MR) is 120 cm³/mol. The van der Waals surface area contributed by atoms with E-state index < -0.39 is 4.87 Å². The smallest absolute Gasteiger partial charge is 0.268 e. The number of hydrogen-bond acceptors (Lipinski definition) is 3. The number of anilines is 1. The number of fused-ring (bicyclic) bond motifs is 2. The summed E-state index contributed by atoms with van der Waals surface area (Å²) in [6.07, 6.45) is 0. The zero-order valence-electron chi connectivity index (χ0n) is 17.0. The van der Waals surface area contributed by atoms with E-state index in [0.717, 1.165) is 16.8 Å². The van der Waals surface area contributed by atoms with E-state index in [4.69, 9.17) is 0 Å². The highest BCUT2D eigenvalue weighted by molar-refractivity contribution is 8.01. The molecule has 1 saturated heterocycles. The number of carbonyl (C=O) groups excluding carboxylic acids is 2. The molecule has 0 N–H and O–H groups in total. The lowest BCUT2D eigenvalue weighted by atomic mass is 10.0. The third-order valence-electron chi connectivity index (χ3n) is 5.87. The van der Waals surface area contributed by atoms with Crippen LogP contribution in [0.1, 0.15) is 27.0 Å². The molecule has 2 heterocycles. The van der Waals surface area contributed by atoms with E-state index in [9.17, 15) is 14.0 Å². The van der Waals surface area contributed by atoms with Gasteiger partial charge in [0.25, 0.3) is 11.8 Å². The van der Waals surface area contributed by atoms with Crippen LogP contribution in [0.3, 0.4) is 0 Å². The van der Waals surface area contributed by atoms with Crippen molar-refractivity contribution in [2.45, 2.75) is 18.3 Å². The van der Waals surface area contributed by atoms with Gasteiger partial charge in [0.15, 0.2) is 4.87 Å². The zero-order chi connectivity index (χ0) is 21.6. The maximum Gasteiger partial charge on any atom is 0.268 e. The van der Waals surface area contributed by atoms with E-state index in [-0.39, 0.29) is 24.2 Å². The van der Waals surface area contributed by atoms with Crippen molar-refractivity contribution >= 4 is 29.3 Å². The molecule has 0 saturated carbocycles. The molecular formula is C25H21FN2O2S. The summed E-state index contributed by atoms with van der Waals surface area (Å²) < 4.78 is 13.8. The molecule has 1 spiro atoms. The molecule has 31 heavy (non-hydrogen) atoms. The van der Waals surface area contributed by atoms with Crippen molar-refractivity contribution in [2.75, 3.05) is 17.2 Å². The maximum atomic E-state index is 13.9. The highest BCUT2D eigenvalue weighted by Gasteiger charge is 2.59. The second kappa shape index (κ2) is 7.54. The molecule has 0 aromatic heterocycles. The van der Waals surface area contributed by atoms with Gasteiger partial charge in [-0.1, -0.05) is 48.0 Å². The van der Waals surface area contributed by atoms with Crippen molar-refractivity contribution in [2.24, 2.45) is 0 Å². The second-order valence-corrected chi connectivity index (χ2v) is 9.14. The quantitative estimate of drug-likeness (QED) is 0.601. The van der Waals surface area contributed by atoms with Gasteiger partial charge in [-0.2, -0.15) is 0 Å². The number of rotatable bonds is 3. The fourth-order valence-corrected chi connectivity index (χ4v) is 5.86. The minimum atomic E-state index is -1.09. The van der Waals surface area contributed by atoms with Gasteiger partial charge in [0, 0.05) is 23.4 Å². The molecule has 0 unspecified atom stereocenters. The van der Waals surface area contributed by atoms with E-state index in [2.05, 4.69) is 0 Å². The van der Waals surface area contributed by atoms with Crippen LogP contribution in [0.5, 0.6) is 0 Å². The van der Waals surface area contributed by atoms with Gasteiger partial charge < -0.3 is 9.80 Å². The number of hydrogen-bond donors (Lipinski definition) is 0. The maximum absolute atomic E-state index is 13.9. The summed E-state index contributed by atoms with van der Waals surface area (Å²) in [6, 6.07) is 21.3. The normalized spacial score (nSPS) is 19.9. The molecule has 156 valence electrons. The number of nitrogens with zero attached hydrogens (tertiary/aromatic N) is 2. The van der Waals surface area contributed by atoms with Crippen LogP contribution in [-0.2, 0) is 16.2 Å². The van der Waals surface area contributed by atoms with Crippen molar-refractivity contribution < 1.29 is 14.0 Å². The number of aryl methyl sites for hydroxylation is 1. The number of halogens is 1. The molecule has 6 heteroatoms. The number of amides is 2. The first-order valence-electron chi connectivity index (χ1n) is 10.2. The Morgan fingerprint density at radius 3 is 2.61 bits per heavy atom. The molecule has 2 aliphatic rings. The molecule has 3 aromatic rings. The van der Waals surface area contributed by atoms with E-state index in [0.29, 0.717) is 23.4 Å². The number of benzene rings is 3. The molecular weight excluding hydrogens is 411 g/mol. The minimum absolute atomic E-state index is 0.152. The van der Waals surface area contributed by atoms with Crippen molar-refractivity contribution in [1.29, 1.82) is 0 Å². The molecule has 0 radical (unpaired) electrons. The summed E-state index contributed by atoms with van der Waals surface area (Å²) in [5.74, 6) is 0.0334. The fourth-order valence-electron chi connectivity index (χ4n) is 4.39. The van der Waals surface area contributed by atoms with E-state index in [1.54, 1.807) is 21.9 Å². The number of para-hydroxylation sites is 1. The Labute approximate surface area is 184 Å². The molecule has 1 atom stereocenters. The Bertz CT molecular complexity index is 1180. The largest absolute Gasteiger partial charge is 0.311 e. The average Bonchev–Trinajstić information content (AvgIpc) is 3.31. The molecule has 3 aromatic carbocycles. The van der Waals surface area contributed by atoms with E-state index in [1.807, 2.05) is 55.5 Å². The summed E-state index contributed by atoms with van der Waals surface area (Å²) in [5, 5.41) is 0. The Kier molecular flexibility index (Phi) is 4.82. The van der Waals surface area contributed by atoms with Crippen LogP contribution >= 0.6 is 11.8 Å². The molecule has 0 aliphatic carbocycles. The summed E-state index contributed by atoms with van der Waals surface area (Å²) in [4.78, 5) is 29.7. The van der Waals surface area contributed by atoms with Crippen LogP contribution in [0.2, 0.25) is 0 Å². The Morgan fingerprint density at radius 1 is 1.06 bits per heavy atom. The lowest BCUT2D eigenvalue weighted by molar-refractivity contribution is -0.123. The third-order valence-corrected chi connectivity index (χ3v) is 7.29. The fraction of sp³-hybridized carbons (Fsp3) is 0.200. The van der Waals surface area contributed by atoms with E-state index >= 15 is 0 Å². The molecule has 4 nitrogen and oxygen atoms in total. The summed E-state index contributed by atoms with van der Waals surface area (Å²) >= 11 is 1.49. The Balaban J connectivity index is 1.57. The van der Waals surface area contributed by atoms with Crippen LogP contribution in [0.15, 0.2) is 72.8 Å². The number of carbonyl (C=O) groups is 2. The van der Waals surface area contributed by atoms with Crippen LogP contribution in [0, 0.1) is 12.7 Å². The lowest BCUT2D eigenvalue weighted by Crippen LogP contribution is -2.50. The molecule has 2 amide bonds. The highest BCUT2D eigenvalue weighted by Crippen LogP contribution is 2.54. The summed E-state index contributed by atoms with van der Waals surface area (Å²) in [5.41, 5.74) is 3.94.